The molecule has 13 atom stereocenters. The van der Waals surface area contributed by atoms with E-state index < -0.39 is 152 Å². The number of aliphatic hydroxyl groups is 1. The molecule has 1 aliphatic heterocycles. The molecule has 6 rings (SSSR count). The summed E-state index contributed by atoms with van der Waals surface area (Å²) in [5.74, 6) is -6.90. The number of alkyl carbamates (subject to hydrolysis) is 1. The molecule has 1 heterocycles. The molecule has 426 valence electrons. The molecule has 7 amide bonds. The molecule has 2 unspecified atom stereocenters. The number of hydrogen-bond acceptors (Lipinski definition) is 15. The van der Waals surface area contributed by atoms with Crippen molar-refractivity contribution in [1.29, 1.82) is 0 Å². The van der Waals surface area contributed by atoms with Gasteiger partial charge in [0, 0.05) is 41.9 Å². The van der Waals surface area contributed by atoms with Crippen molar-refractivity contribution >= 4 is 63.1 Å². The predicted octanol–water partition coefficient (Wildman–Crippen LogP) is 1.82. The lowest BCUT2D eigenvalue weighted by Gasteiger charge is -2.63. The quantitative estimate of drug-likeness (QED) is 0.0521. The van der Waals surface area contributed by atoms with Crippen molar-refractivity contribution in [3.8, 4) is 0 Å². The van der Waals surface area contributed by atoms with E-state index in [0.29, 0.717) is 18.4 Å². The number of amides is 7. The number of rotatable bonds is 24. The van der Waals surface area contributed by atoms with E-state index in [-0.39, 0.29) is 75.9 Å². The van der Waals surface area contributed by atoms with E-state index in [9.17, 15) is 51.9 Å². The Morgan fingerprint density at radius 3 is 2.30 bits per heavy atom. The SMILES string of the molecule is CCCC1O[C@@H]2C[C@H]3[C@@H]4C[C@H](F)C5=CC(=O)C=C[C@]5(C)[C@@]4(F)[C@@H](O)C[C@]3(C)[C@]2(C(=O)CNC(=O)OCc2ccc(NC(=O)[C@H](CCCNC(N)=O)NC(=O)C(NC(=O)[C@H](N)CCC(=O)NCCS(=O)(=O)O)C(C)C)cc2)O1. The summed E-state index contributed by atoms with van der Waals surface area (Å²) in [6.07, 6.45) is -2.08. The first-order valence-electron chi connectivity index (χ1n) is 25.8. The minimum atomic E-state index is -4.30. The number of hydrogen-bond donors (Lipinski definition) is 10. The highest BCUT2D eigenvalue weighted by molar-refractivity contribution is 7.85. The molecular formula is C51H72F2N8O15S. The number of allylic oxidation sites excluding steroid dienone is 4. The molecule has 26 heteroatoms. The number of benzene rings is 1. The third-order valence-electron chi connectivity index (χ3n) is 15.9. The largest absolute Gasteiger partial charge is 0.445 e. The van der Waals surface area contributed by atoms with Gasteiger partial charge in [0.2, 0.25) is 23.6 Å². The van der Waals surface area contributed by atoms with Crippen molar-refractivity contribution in [2.75, 3.05) is 30.7 Å². The Morgan fingerprint density at radius 1 is 0.948 bits per heavy atom. The van der Waals surface area contributed by atoms with Crippen LogP contribution in [0.5, 0.6) is 0 Å². The number of primary amides is 1. The maximum absolute atomic E-state index is 17.9. The van der Waals surface area contributed by atoms with Gasteiger partial charge in [0.1, 0.15) is 24.9 Å². The summed E-state index contributed by atoms with van der Waals surface area (Å²) in [7, 11) is -4.30. The van der Waals surface area contributed by atoms with Gasteiger partial charge in [-0.25, -0.2) is 18.4 Å². The van der Waals surface area contributed by atoms with Crippen LogP contribution in [0.25, 0.3) is 0 Å². The van der Waals surface area contributed by atoms with Gasteiger partial charge < -0.3 is 62.7 Å². The number of nitrogens with two attached hydrogens (primary N) is 2. The maximum Gasteiger partial charge on any atom is 0.407 e. The van der Waals surface area contributed by atoms with Crippen LogP contribution in [-0.4, -0.2) is 145 Å². The third-order valence-corrected chi connectivity index (χ3v) is 16.6. The van der Waals surface area contributed by atoms with Crippen molar-refractivity contribution in [3.63, 3.8) is 0 Å². The van der Waals surface area contributed by atoms with Crippen LogP contribution in [0.15, 0.2) is 48.1 Å². The van der Waals surface area contributed by atoms with Gasteiger partial charge in [0.05, 0.1) is 30.5 Å². The van der Waals surface area contributed by atoms with Gasteiger partial charge in [0.25, 0.3) is 10.1 Å². The van der Waals surface area contributed by atoms with Crippen molar-refractivity contribution < 1.29 is 79.4 Å². The summed E-state index contributed by atoms with van der Waals surface area (Å²) in [6.45, 7) is 7.23. The van der Waals surface area contributed by atoms with Crippen LogP contribution >= 0.6 is 0 Å². The lowest BCUT2D eigenvalue weighted by molar-refractivity contribution is -0.233. The number of carbonyl (C=O) groups is 8. The summed E-state index contributed by atoms with van der Waals surface area (Å²) in [4.78, 5) is 104. The Hall–Kier alpha value is -5.93. The first kappa shape index (κ1) is 60.3. The molecule has 0 bridgehead atoms. The number of urea groups is 1. The molecule has 3 saturated carbocycles. The molecule has 0 radical (unpaired) electrons. The van der Waals surface area contributed by atoms with Crippen molar-refractivity contribution in [1.82, 2.24) is 26.6 Å². The van der Waals surface area contributed by atoms with Gasteiger partial charge in [-0.15, -0.1) is 0 Å². The van der Waals surface area contributed by atoms with Crippen molar-refractivity contribution in [2.45, 2.75) is 153 Å². The zero-order valence-corrected chi connectivity index (χ0v) is 44.6. The van der Waals surface area contributed by atoms with E-state index in [0.717, 1.165) is 6.08 Å². The summed E-state index contributed by atoms with van der Waals surface area (Å²) in [5, 5.41) is 27.0. The average molecular weight is 1110 g/mol. The van der Waals surface area contributed by atoms with Crippen LogP contribution in [0.2, 0.25) is 0 Å². The zero-order valence-electron chi connectivity index (χ0n) is 43.7. The molecule has 1 aromatic rings. The first-order valence-corrected chi connectivity index (χ1v) is 27.5. The first-order chi connectivity index (χ1) is 36.1. The average Bonchev–Trinajstić information content (AvgIpc) is 4.02. The second-order valence-corrected chi connectivity index (χ2v) is 22.9. The molecule has 0 aromatic heterocycles. The van der Waals surface area contributed by atoms with Crippen LogP contribution in [0.1, 0.15) is 98.0 Å². The monoisotopic (exact) mass is 1110 g/mol. The van der Waals surface area contributed by atoms with Gasteiger partial charge in [-0.2, -0.15) is 8.42 Å². The third kappa shape index (κ3) is 13.0. The minimum absolute atomic E-state index is 0.00667. The van der Waals surface area contributed by atoms with Crippen LogP contribution < -0.4 is 43.4 Å². The predicted molar refractivity (Wildman–Crippen MR) is 272 cm³/mol. The zero-order chi connectivity index (χ0) is 56.8. The lowest BCUT2D eigenvalue weighted by Crippen LogP contribution is -2.71. The fraction of sp³-hybridized carbons (Fsp3) is 0.647. The number of nitrogens with one attached hydrogen (secondary N) is 6. The normalized spacial score (nSPS) is 30.2. The number of carbonyl (C=O) groups excluding carboxylic acids is 8. The van der Waals surface area contributed by atoms with Gasteiger partial charge >= 0.3 is 12.1 Å². The molecule has 23 nitrogen and oxygen atoms in total. The molecule has 4 fully saturated rings. The minimum Gasteiger partial charge on any atom is -0.445 e. The Kier molecular flexibility index (Phi) is 19.1. The molecule has 12 N–H and O–H groups in total. The molecule has 77 heavy (non-hydrogen) atoms. The van der Waals surface area contributed by atoms with Gasteiger partial charge in [-0.1, -0.05) is 52.3 Å². The van der Waals surface area contributed by atoms with E-state index in [4.69, 9.17) is 30.2 Å². The second-order valence-electron chi connectivity index (χ2n) is 21.3. The molecular weight excluding hydrogens is 1030 g/mol. The summed E-state index contributed by atoms with van der Waals surface area (Å²) >= 11 is 0. The second kappa shape index (κ2) is 24.4. The molecule has 5 aliphatic rings. The number of alkyl halides is 2. The molecule has 0 spiro atoms. The van der Waals surface area contributed by atoms with Crippen molar-refractivity contribution in [3.05, 3.63) is 53.6 Å². The topological polar surface area (TPSA) is 363 Å². The molecule has 4 aliphatic carbocycles. The van der Waals surface area contributed by atoms with Crippen LogP contribution in [0, 0.1) is 28.6 Å². The summed E-state index contributed by atoms with van der Waals surface area (Å²) in [6, 6.07) is 1.63. The van der Waals surface area contributed by atoms with E-state index in [1.54, 1.807) is 32.9 Å². The Bertz CT molecular complexity index is 2610. The standard InChI is InChI=1S/C51H72F2N8O15S/c1-6-8-41-75-39-23-31-32-22-34(52)33-21-30(62)16-17-48(33,4)50(32,53)37(63)24-49(31,5)51(39,76-41)38(64)25-58-47(70)74-26-28-10-12-29(13-11-28)59-44(67)36(9-7-18-57-46(55)69)60-45(68)42(27(2)3)61-43(66)35(54)14-15-40(65)56-19-20-77(71,72)73/h10-13,16-17,21,27,31-32,34-37,39,41-42,63H,6-9,14-15,18-20,22-26,54H2,1-5H3,(H,56,65)(H,58,70)(H,59,67)(H,60,68)(H,61,66)(H3,55,57,69)(H,71,72,73)/t31-,32-,34-,35+,36-,37-,39+,41?,42?,48-,49-,50-,51+/m0/s1. The number of aliphatic hydroxyl groups excluding tert-OH is 1. The number of ether oxygens (including phenoxy) is 3. The fourth-order valence-corrected chi connectivity index (χ4v) is 12.3. The van der Waals surface area contributed by atoms with E-state index in [1.807, 2.05) is 6.92 Å². The van der Waals surface area contributed by atoms with E-state index in [1.165, 1.54) is 31.2 Å². The number of Topliss-reactive ketones (excluding diaryl/α,β-unsaturated/α-hetero) is 1. The number of ketones is 2. The highest BCUT2D eigenvalue weighted by Crippen LogP contribution is 2.72. The van der Waals surface area contributed by atoms with Crippen LogP contribution in [-0.2, 0) is 59.7 Å². The Labute approximate surface area is 445 Å². The van der Waals surface area contributed by atoms with Gasteiger partial charge in [0.15, 0.2) is 29.1 Å². The van der Waals surface area contributed by atoms with Crippen molar-refractivity contribution in [2.24, 2.45) is 40.1 Å². The highest BCUT2D eigenvalue weighted by Gasteiger charge is 2.80. The maximum atomic E-state index is 17.9. The Balaban J connectivity index is 1.05. The van der Waals surface area contributed by atoms with E-state index >= 15 is 8.78 Å². The summed E-state index contributed by atoms with van der Waals surface area (Å²) in [5.41, 5.74) is 4.83. The van der Waals surface area contributed by atoms with Gasteiger partial charge in [-0.3, -0.25) is 33.3 Å². The fourth-order valence-electron chi connectivity index (χ4n) is 12.0. The van der Waals surface area contributed by atoms with E-state index in [2.05, 4.69) is 31.9 Å². The van der Waals surface area contributed by atoms with Gasteiger partial charge in [-0.05, 0) is 99.1 Å². The van der Waals surface area contributed by atoms with Crippen LogP contribution in [0.4, 0.5) is 24.1 Å². The molecule has 1 saturated heterocycles. The number of halogens is 2. The lowest BCUT2D eigenvalue weighted by atomic mass is 9.44. The number of anilines is 1. The molecule has 1 aromatic carbocycles. The Morgan fingerprint density at radius 2 is 1.65 bits per heavy atom. The highest BCUT2D eigenvalue weighted by atomic mass is 32.2. The van der Waals surface area contributed by atoms with Crippen LogP contribution in [0.3, 0.4) is 0 Å². The smallest absolute Gasteiger partial charge is 0.407 e. The summed E-state index contributed by atoms with van der Waals surface area (Å²) < 4.78 is 82.9. The number of fused-ring (bicyclic) bond motifs is 7.